The SMILES string of the molecule is Cc1nc(CN2C(=O)C(C)NC(=O)C2(C)C2CC2)cs1. The number of carbonyl (C=O) groups is 2. The Labute approximate surface area is 122 Å². The molecule has 2 fully saturated rings. The van der Waals surface area contributed by atoms with E-state index in [1.165, 1.54) is 0 Å². The van der Waals surface area contributed by atoms with E-state index in [-0.39, 0.29) is 17.7 Å². The minimum Gasteiger partial charge on any atom is -0.343 e. The number of aromatic nitrogens is 1. The molecule has 2 atom stereocenters. The van der Waals surface area contributed by atoms with Gasteiger partial charge >= 0.3 is 0 Å². The number of rotatable bonds is 3. The summed E-state index contributed by atoms with van der Waals surface area (Å²) in [5.74, 6) is 0.238. The first-order chi connectivity index (χ1) is 9.42. The monoisotopic (exact) mass is 293 g/mol. The fraction of sp³-hybridized carbons (Fsp3) is 0.643. The van der Waals surface area contributed by atoms with Crippen molar-refractivity contribution in [1.29, 1.82) is 0 Å². The lowest BCUT2D eigenvalue weighted by Crippen LogP contribution is -2.69. The van der Waals surface area contributed by atoms with Gasteiger partial charge in [0.25, 0.3) is 0 Å². The molecule has 5 nitrogen and oxygen atoms in total. The van der Waals surface area contributed by atoms with Crippen LogP contribution in [0.25, 0.3) is 0 Å². The lowest BCUT2D eigenvalue weighted by atomic mass is 9.88. The molecule has 2 amide bonds. The Kier molecular flexibility index (Phi) is 3.08. The van der Waals surface area contributed by atoms with E-state index in [9.17, 15) is 9.59 Å². The van der Waals surface area contributed by atoms with Gasteiger partial charge in [-0.25, -0.2) is 4.98 Å². The van der Waals surface area contributed by atoms with Gasteiger partial charge in [-0.3, -0.25) is 9.59 Å². The van der Waals surface area contributed by atoms with E-state index < -0.39 is 11.6 Å². The highest BCUT2D eigenvalue weighted by molar-refractivity contribution is 7.09. The van der Waals surface area contributed by atoms with Crippen LogP contribution in [0.15, 0.2) is 5.38 Å². The molecule has 2 unspecified atom stereocenters. The Morgan fingerprint density at radius 2 is 2.20 bits per heavy atom. The average Bonchev–Trinajstić information content (AvgIpc) is 3.17. The van der Waals surface area contributed by atoms with Gasteiger partial charge in [-0.2, -0.15) is 0 Å². The quantitative estimate of drug-likeness (QED) is 0.918. The van der Waals surface area contributed by atoms with Crippen molar-refractivity contribution in [2.45, 2.75) is 51.7 Å². The van der Waals surface area contributed by atoms with Gasteiger partial charge in [0.05, 0.1) is 17.2 Å². The van der Waals surface area contributed by atoms with Gasteiger partial charge in [0.15, 0.2) is 0 Å². The molecule has 108 valence electrons. The van der Waals surface area contributed by atoms with Crippen LogP contribution < -0.4 is 5.32 Å². The van der Waals surface area contributed by atoms with E-state index >= 15 is 0 Å². The third-order valence-electron chi connectivity index (χ3n) is 4.36. The molecule has 0 radical (unpaired) electrons. The summed E-state index contributed by atoms with van der Waals surface area (Å²) in [5, 5.41) is 5.76. The first kappa shape index (κ1) is 13.5. The number of carbonyl (C=O) groups excluding carboxylic acids is 2. The molecule has 1 saturated heterocycles. The Bertz CT molecular complexity index is 567. The Hall–Kier alpha value is -1.43. The van der Waals surface area contributed by atoms with Crippen LogP contribution in [0.4, 0.5) is 0 Å². The molecule has 3 rings (SSSR count). The summed E-state index contributed by atoms with van der Waals surface area (Å²) < 4.78 is 0. The number of thiazole rings is 1. The van der Waals surface area contributed by atoms with Gasteiger partial charge < -0.3 is 10.2 Å². The molecular weight excluding hydrogens is 274 g/mol. The van der Waals surface area contributed by atoms with Crippen molar-refractivity contribution >= 4 is 23.2 Å². The van der Waals surface area contributed by atoms with Crippen LogP contribution in [0.5, 0.6) is 0 Å². The van der Waals surface area contributed by atoms with Crippen LogP contribution in [0.1, 0.15) is 37.4 Å². The minimum atomic E-state index is -0.721. The number of piperazine rings is 1. The van der Waals surface area contributed by atoms with Crippen molar-refractivity contribution in [3.63, 3.8) is 0 Å². The van der Waals surface area contributed by atoms with Gasteiger partial charge in [-0.1, -0.05) is 0 Å². The number of hydrogen-bond acceptors (Lipinski definition) is 4. The highest BCUT2D eigenvalue weighted by Gasteiger charge is 2.56. The third kappa shape index (κ3) is 2.02. The topological polar surface area (TPSA) is 62.3 Å². The third-order valence-corrected chi connectivity index (χ3v) is 5.19. The minimum absolute atomic E-state index is 0.00958. The molecule has 0 spiro atoms. The van der Waals surface area contributed by atoms with Gasteiger partial charge in [0.1, 0.15) is 11.6 Å². The summed E-state index contributed by atoms with van der Waals surface area (Å²) in [7, 11) is 0. The molecule has 0 bridgehead atoms. The van der Waals surface area contributed by atoms with Crippen molar-refractivity contribution in [2.24, 2.45) is 5.92 Å². The molecule has 1 aliphatic heterocycles. The molecule has 1 aliphatic carbocycles. The van der Waals surface area contributed by atoms with Crippen molar-refractivity contribution < 1.29 is 9.59 Å². The molecule has 1 aromatic rings. The average molecular weight is 293 g/mol. The normalized spacial score (nSPS) is 30.6. The van der Waals surface area contributed by atoms with Crippen LogP contribution in [0.2, 0.25) is 0 Å². The molecule has 1 N–H and O–H groups in total. The van der Waals surface area contributed by atoms with Crippen LogP contribution in [0.3, 0.4) is 0 Å². The molecule has 2 aliphatic rings. The second kappa shape index (κ2) is 4.55. The van der Waals surface area contributed by atoms with E-state index in [2.05, 4.69) is 10.3 Å². The molecule has 20 heavy (non-hydrogen) atoms. The summed E-state index contributed by atoms with van der Waals surface area (Å²) >= 11 is 1.57. The standard InChI is InChI=1S/C14H19N3O2S/c1-8-12(18)17(6-11-7-20-9(2)16-11)14(3,10-4-5-10)13(19)15-8/h7-8,10H,4-6H2,1-3H3,(H,15,19). The maximum Gasteiger partial charge on any atom is 0.246 e. The second-order valence-corrected chi connectivity index (χ2v) is 6.96. The summed E-state index contributed by atoms with van der Waals surface area (Å²) in [6.45, 7) is 6.00. The van der Waals surface area contributed by atoms with E-state index in [1.807, 2.05) is 19.2 Å². The lowest BCUT2D eigenvalue weighted by molar-refractivity contribution is -0.158. The Balaban J connectivity index is 1.93. The van der Waals surface area contributed by atoms with Crippen molar-refractivity contribution in [3.05, 3.63) is 16.1 Å². The first-order valence-corrected chi connectivity index (χ1v) is 7.84. The predicted octanol–water partition coefficient (Wildman–Crippen LogP) is 1.47. The molecular formula is C14H19N3O2S. The highest BCUT2D eigenvalue weighted by atomic mass is 32.1. The lowest BCUT2D eigenvalue weighted by Gasteiger charge is -2.45. The number of aryl methyl sites for hydroxylation is 1. The zero-order valence-corrected chi connectivity index (χ0v) is 12.8. The number of nitrogens with one attached hydrogen (secondary N) is 1. The zero-order valence-electron chi connectivity index (χ0n) is 12.0. The molecule has 6 heteroatoms. The fourth-order valence-electron chi connectivity index (χ4n) is 2.93. The van der Waals surface area contributed by atoms with Crippen LogP contribution in [-0.2, 0) is 16.1 Å². The maximum atomic E-state index is 12.5. The smallest absolute Gasteiger partial charge is 0.246 e. The summed E-state index contributed by atoms with van der Waals surface area (Å²) in [6.07, 6.45) is 2.02. The van der Waals surface area contributed by atoms with Crippen LogP contribution >= 0.6 is 11.3 Å². The van der Waals surface area contributed by atoms with E-state index in [0.717, 1.165) is 23.5 Å². The van der Waals surface area contributed by atoms with Crippen LogP contribution in [0, 0.1) is 12.8 Å². The number of nitrogens with zero attached hydrogens (tertiary/aromatic N) is 2. The molecule has 1 aromatic heterocycles. The largest absolute Gasteiger partial charge is 0.343 e. The fourth-order valence-corrected chi connectivity index (χ4v) is 3.53. The Morgan fingerprint density at radius 1 is 1.50 bits per heavy atom. The number of amides is 2. The Morgan fingerprint density at radius 3 is 2.75 bits per heavy atom. The van der Waals surface area contributed by atoms with Gasteiger partial charge in [0, 0.05) is 5.38 Å². The second-order valence-electron chi connectivity index (χ2n) is 5.90. The van der Waals surface area contributed by atoms with E-state index in [0.29, 0.717) is 6.54 Å². The summed E-state index contributed by atoms with van der Waals surface area (Å²) in [5.41, 5.74) is 0.149. The summed E-state index contributed by atoms with van der Waals surface area (Å²) in [4.78, 5) is 31.1. The first-order valence-electron chi connectivity index (χ1n) is 6.96. The van der Waals surface area contributed by atoms with Gasteiger partial charge in [-0.05, 0) is 39.5 Å². The maximum absolute atomic E-state index is 12.5. The zero-order chi connectivity index (χ0) is 14.5. The van der Waals surface area contributed by atoms with E-state index in [4.69, 9.17) is 0 Å². The van der Waals surface area contributed by atoms with Crippen molar-refractivity contribution in [1.82, 2.24) is 15.2 Å². The highest BCUT2D eigenvalue weighted by Crippen LogP contribution is 2.45. The van der Waals surface area contributed by atoms with Crippen molar-refractivity contribution in [3.8, 4) is 0 Å². The molecule has 1 saturated carbocycles. The van der Waals surface area contributed by atoms with E-state index in [1.54, 1.807) is 23.2 Å². The molecule has 2 heterocycles. The number of hydrogen-bond donors (Lipinski definition) is 1. The van der Waals surface area contributed by atoms with Crippen molar-refractivity contribution in [2.75, 3.05) is 0 Å². The van der Waals surface area contributed by atoms with Gasteiger partial charge in [0.2, 0.25) is 11.8 Å². The predicted molar refractivity (Wildman–Crippen MR) is 76.1 cm³/mol. The van der Waals surface area contributed by atoms with Crippen LogP contribution in [-0.4, -0.2) is 33.3 Å². The summed E-state index contributed by atoms with van der Waals surface area (Å²) in [6, 6.07) is -0.450. The van der Waals surface area contributed by atoms with Gasteiger partial charge in [-0.15, -0.1) is 11.3 Å². The molecule has 0 aromatic carbocycles.